The first-order valence-electron chi connectivity index (χ1n) is 7.50. The molecule has 108 valence electrons. The van der Waals surface area contributed by atoms with Crippen LogP contribution in [-0.2, 0) is 12.8 Å². The third-order valence-electron chi connectivity index (χ3n) is 4.45. The van der Waals surface area contributed by atoms with Gasteiger partial charge in [-0.2, -0.15) is 0 Å². The minimum atomic E-state index is 0.0505. The molecular weight excluding hydrogens is 272 g/mol. The van der Waals surface area contributed by atoms with E-state index in [-0.39, 0.29) is 5.78 Å². The van der Waals surface area contributed by atoms with Crippen molar-refractivity contribution in [3.05, 3.63) is 76.9 Å². The van der Waals surface area contributed by atoms with E-state index >= 15 is 0 Å². The molecule has 0 atom stereocenters. The predicted octanol–water partition coefficient (Wildman–Crippen LogP) is 4.18. The second-order valence-corrected chi connectivity index (χ2v) is 5.67. The molecule has 1 aliphatic rings. The summed E-state index contributed by atoms with van der Waals surface area (Å²) in [6, 6.07) is 17.7. The minimum absolute atomic E-state index is 0.0505. The van der Waals surface area contributed by atoms with Crippen LogP contribution >= 0.6 is 0 Å². The smallest absolute Gasteiger partial charge is 0.193 e. The molecule has 0 heterocycles. The minimum Gasteiger partial charge on any atom is -0.497 e. The summed E-state index contributed by atoms with van der Waals surface area (Å²) < 4.78 is 5.22. The van der Waals surface area contributed by atoms with Crippen LogP contribution in [0.1, 0.15) is 27.0 Å². The molecule has 0 aliphatic heterocycles. The number of hydrogen-bond donors (Lipinski definition) is 0. The number of carbonyl (C=O) groups is 1. The number of carbonyl (C=O) groups excluding carboxylic acids is 1. The first kappa shape index (κ1) is 13.1. The van der Waals surface area contributed by atoms with Crippen LogP contribution in [0.2, 0.25) is 0 Å². The Morgan fingerprint density at radius 2 is 1.73 bits per heavy atom. The first-order chi connectivity index (χ1) is 10.8. The topological polar surface area (TPSA) is 26.3 Å². The van der Waals surface area contributed by atoms with Crippen molar-refractivity contribution in [2.75, 3.05) is 7.11 Å². The van der Waals surface area contributed by atoms with E-state index in [1.165, 1.54) is 16.5 Å². The molecule has 0 N–H and O–H groups in total. The summed E-state index contributed by atoms with van der Waals surface area (Å²) in [5.74, 6) is 0.756. The van der Waals surface area contributed by atoms with E-state index in [1.807, 2.05) is 24.3 Å². The lowest BCUT2D eigenvalue weighted by molar-refractivity contribution is 0.104. The summed E-state index contributed by atoms with van der Waals surface area (Å²) in [5.41, 5.74) is 4.15. The Morgan fingerprint density at radius 1 is 0.955 bits per heavy atom. The molecule has 4 rings (SSSR count). The number of methoxy groups -OCH3 is 1. The Balaban J connectivity index is 1.89. The summed E-state index contributed by atoms with van der Waals surface area (Å²) in [6.07, 6.45) is 2.15. The highest BCUT2D eigenvalue weighted by Crippen LogP contribution is 2.33. The Kier molecular flexibility index (Phi) is 2.97. The zero-order chi connectivity index (χ0) is 15.1. The van der Waals surface area contributed by atoms with Crippen molar-refractivity contribution >= 4 is 16.6 Å². The van der Waals surface area contributed by atoms with Crippen LogP contribution in [0.4, 0.5) is 0 Å². The van der Waals surface area contributed by atoms with E-state index in [0.29, 0.717) is 11.3 Å². The van der Waals surface area contributed by atoms with Gasteiger partial charge in [0.05, 0.1) is 7.11 Å². The van der Waals surface area contributed by atoms with E-state index in [2.05, 4.69) is 24.3 Å². The lowest BCUT2D eigenvalue weighted by Crippen LogP contribution is -2.03. The maximum Gasteiger partial charge on any atom is 0.193 e. The second kappa shape index (κ2) is 4.99. The Morgan fingerprint density at radius 3 is 2.55 bits per heavy atom. The largest absolute Gasteiger partial charge is 0.497 e. The first-order valence-corrected chi connectivity index (χ1v) is 7.50. The van der Waals surface area contributed by atoms with Crippen LogP contribution in [0, 0.1) is 0 Å². The van der Waals surface area contributed by atoms with E-state index in [9.17, 15) is 4.79 Å². The third kappa shape index (κ3) is 1.92. The van der Waals surface area contributed by atoms with Crippen molar-refractivity contribution < 1.29 is 9.53 Å². The van der Waals surface area contributed by atoms with Crippen LogP contribution in [-0.4, -0.2) is 12.9 Å². The number of ketones is 1. The summed E-state index contributed by atoms with van der Waals surface area (Å²) in [7, 11) is 1.61. The van der Waals surface area contributed by atoms with Crippen molar-refractivity contribution in [3.8, 4) is 5.75 Å². The summed E-state index contributed by atoms with van der Waals surface area (Å²) in [5, 5.41) is 2.34. The predicted molar refractivity (Wildman–Crippen MR) is 87.8 cm³/mol. The van der Waals surface area contributed by atoms with Gasteiger partial charge in [0.2, 0.25) is 0 Å². The molecule has 0 aromatic heterocycles. The fourth-order valence-corrected chi connectivity index (χ4v) is 3.36. The second-order valence-electron chi connectivity index (χ2n) is 5.67. The SMILES string of the molecule is COc1cccc(C(=O)c2ccc3c4c(cccc24)CC3)c1. The van der Waals surface area contributed by atoms with E-state index in [0.717, 1.165) is 23.8 Å². The highest BCUT2D eigenvalue weighted by Gasteiger charge is 2.19. The maximum atomic E-state index is 12.9. The summed E-state index contributed by atoms with van der Waals surface area (Å²) >= 11 is 0. The number of benzene rings is 3. The molecule has 0 unspecified atom stereocenters. The Labute approximate surface area is 129 Å². The van der Waals surface area contributed by atoms with Gasteiger partial charge in [0.25, 0.3) is 0 Å². The fraction of sp³-hybridized carbons (Fsp3) is 0.150. The Bertz CT molecular complexity index is 883. The molecule has 0 amide bonds. The van der Waals surface area contributed by atoms with Crippen LogP contribution < -0.4 is 4.74 Å². The molecule has 0 saturated carbocycles. The van der Waals surface area contributed by atoms with Gasteiger partial charge in [-0.1, -0.05) is 42.5 Å². The molecule has 22 heavy (non-hydrogen) atoms. The van der Waals surface area contributed by atoms with Crippen molar-refractivity contribution in [1.82, 2.24) is 0 Å². The van der Waals surface area contributed by atoms with Crippen molar-refractivity contribution in [1.29, 1.82) is 0 Å². The van der Waals surface area contributed by atoms with E-state index in [4.69, 9.17) is 4.74 Å². The quantitative estimate of drug-likeness (QED) is 0.676. The van der Waals surface area contributed by atoms with Gasteiger partial charge in [0.1, 0.15) is 5.75 Å². The molecule has 2 heteroatoms. The van der Waals surface area contributed by atoms with Crippen molar-refractivity contribution in [3.63, 3.8) is 0 Å². The van der Waals surface area contributed by atoms with Gasteiger partial charge in [-0.25, -0.2) is 0 Å². The van der Waals surface area contributed by atoms with Crippen LogP contribution in [0.15, 0.2) is 54.6 Å². The number of hydrogen-bond acceptors (Lipinski definition) is 2. The molecule has 0 fully saturated rings. The van der Waals surface area contributed by atoms with Gasteiger partial charge in [-0.15, -0.1) is 0 Å². The van der Waals surface area contributed by atoms with Gasteiger partial charge >= 0.3 is 0 Å². The fourth-order valence-electron chi connectivity index (χ4n) is 3.36. The molecular formula is C20H16O2. The molecule has 0 bridgehead atoms. The van der Waals surface area contributed by atoms with Gasteiger partial charge in [-0.3, -0.25) is 4.79 Å². The van der Waals surface area contributed by atoms with Crippen LogP contribution in [0.5, 0.6) is 5.75 Å². The molecule has 1 aliphatic carbocycles. The van der Waals surface area contributed by atoms with Crippen molar-refractivity contribution in [2.24, 2.45) is 0 Å². The maximum absolute atomic E-state index is 12.9. The summed E-state index contributed by atoms with van der Waals surface area (Å²) in [4.78, 5) is 12.9. The van der Waals surface area contributed by atoms with Gasteiger partial charge in [-0.05, 0) is 46.9 Å². The van der Waals surface area contributed by atoms with Crippen molar-refractivity contribution in [2.45, 2.75) is 12.8 Å². The van der Waals surface area contributed by atoms with Gasteiger partial charge in [0.15, 0.2) is 5.78 Å². The highest BCUT2D eigenvalue weighted by molar-refractivity contribution is 6.17. The van der Waals surface area contributed by atoms with E-state index in [1.54, 1.807) is 13.2 Å². The van der Waals surface area contributed by atoms with Crippen LogP contribution in [0.25, 0.3) is 10.8 Å². The normalized spacial score (nSPS) is 12.6. The zero-order valence-corrected chi connectivity index (χ0v) is 12.4. The molecule has 0 spiro atoms. The lowest BCUT2D eigenvalue weighted by atomic mass is 9.94. The van der Waals surface area contributed by atoms with Gasteiger partial charge < -0.3 is 4.74 Å². The summed E-state index contributed by atoms with van der Waals surface area (Å²) in [6.45, 7) is 0. The molecule has 3 aromatic carbocycles. The molecule has 2 nitrogen and oxygen atoms in total. The average molecular weight is 288 g/mol. The molecule has 3 aromatic rings. The van der Waals surface area contributed by atoms with Crippen LogP contribution in [0.3, 0.4) is 0 Å². The highest BCUT2D eigenvalue weighted by atomic mass is 16.5. The average Bonchev–Trinajstić information content (AvgIpc) is 3.00. The monoisotopic (exact) mass is 288 g/mol. The third-order valence-corrected chi connectivity index (χ3v) is 4.45. The molecule has 0 saturated heterocycles. The number of rotatable bonds is 3. The number of aryl methyl sites for hydroxylation is 2. The molecule has 0 radical (unpaired) electrons. The lowest BCUT2D eigenvalue weighted by Gasteiger charge is -2.09. The number of ether oxygens (including phenoxy) is 1. The Hall–Kier alpha value is -2.61. The standard InChI is InChI=1S/C20H16O2/c1-22-16-6-2-5-15(12-16)20(21)18-11-10-14-9-8-13-4-3-7-17(18)19(13)14/h2-7,10-12H,8-9H2,1H3. The zero-order valence-electron chi connectivity index (χ0n) is 12.4. The van der Waals surface area contributed by atoms with Gasteiger partial charge in [0, 0.05) is 11.1 Å². The van der Waals surface area contributed by atoms with E-state index < -0.39 is 0 Å².